The minimum Gasteiger partial charge on any atom is -0.494 e. The molecule has 4 aromatic heterocycles. The van der Waals surface area contributed by atoms with Crippen molar-refractivity contribution in [3.8, 4) is 16.9 Å². The van der Waals surface area contributed by atoms with Crippen LogP contribution in [0.4, 0.5) is 11.4 Å². The van der Waals surface area contributed by atoms with E-state index in [1.165, 1.54) is 11.3 Å². The Morgan fingerprint density at radius 3 is 3.05 bits per heavy atom. The zero-order chi connectivity index (χ0) is 25.2. The van der Waals surface area contributed by atoms with Crippen LogP contribution in [0.5, 0.6) is 11.8 Å². The topological polar surface area (TPSA) is 127 Å². The molecule has 1 amide bonds. The number of pyridine rings is 2. The Labute approximate surface area is 217 Å². The summed E-state index contributed by atoms with van der Waals surface area (Å²) in [5.41, 5.74) is 1.82. The van der Waals surface area contributed by atoms with Gasteiger partial charge in [0.25, 0.3) is 5.91 Å². The summed E-state index contributed by atoms with van der Waals surface area (Å²) in [7, 11) is 0. The van der Waals surface area contributed by atoms with Gasteiger partial charge in [-0.3, -0.25) is 14.3 Å². The first-order chi connectivity index (χ1) is 18.2. The molecule has 1 unspecified atom stereocenters. The quantitative estimate of drug-likeness (QED) is 0.336. The Hall–Kier alpha value is -3.74. The van der Waals surface area contributed by atoms with E-state index in [0.29, 0.717) is 28.7 Å². The SMILES string of the molecule is O=C(Nc1cnccc1N1CCNCC1)c1csc(-n2cc3cnc(OCC4CCCO4)cc3c2O)n1. The molecule has 0 radical (unpaired) electrons. The Balaban J connectivity index is 1.19. The number of hydrogen-bond donors (Lipinski definition) is 3. The predicted octanol–water partition coefficient (Wildman–Crippen LogP) is 2.80. The van der Waals surface area contributed by atoms with Gasteiger partial charge in [-0.05, 0) is 18.9 Å². The van der Waals surface area contributed by atoms with Crippen molar-refractivity contribution in [3.63, 3.8) is 0 Å². The van der Waals surface area contributed by atoms with Gasteiger partial charge in [-0.25, -0.2) is 9.97 Å². The van der Waals surface area contributed by atoms with Crippen molar-refractivity contribution >= 4 is 39.4 Å². The molecule has 2 fully saturated rings. The molecule has 1 atom stereocenters. The van der Waals surface area contributed by atoms with Crippen molar-refractivity contribution < 1.29 is 19.4 Å². The van der Waals surface area contributed by atoms with Gasteiger partial charge in [0, 0.05) is 68.2 Å². The van der Waals surface area contributed by atoms with Gasteiger partial charge in [0.05, 0.1) is 29.1 Å². The summed E-state index contributed by atoms with van der Waals surface area (Å²) < 4.78 is 12.9. The second-order valence-electron chi connectivity index (χ2n) is 8.98. The molecule has 0 bridgehead atoms. The van der Waals surface area contributed by atoms with Gasteiger partial charge in [-0.1, -0.05) is 0 Å². The second kappa shape index (κ2) is 10.3. The Kier molecular flexibility index (Phi) is 6.60. The maximum atomic E-state index is 13.0. The first-order valence-electron chi connectivity index (χ1n) is 12.3. The fourth-order valence-electron chi connectivity index (χ4n) is 4.58. The lowest BCUT2D eigenvalue weighted by atomic mass is 10.2. The number of carbonyl (C=O) groups is 1. The van der Waals surface area contributed by atoms with Crippen LogP contribution in [0.3, 0.4) is 0 Å². The van der Waals surface area contributed by atoms with Crippen LogP contribution < -0.4 is 20.3 Å². The molecule has 4 aromatic rings. The fraction of sp³-hybridized carbons (Fsp3) is 0.360. The molecule has 0 aromatic carbocycles. The van der Waals surface area contributed by atoms with Gasteiger partial charge in [0.15, 0.2) is 5.13 Å². The number of hydrogen-bond acceptors (Lipinski definition) is 10. The molecule has 2 saturated heterocycles. The van der Waals surface area contributed by atoms with Gasteiger partial charge < -0.3 is 30.1 Å². The second-order valence-corrected chi connectivity index (χ2v) is 9.81. The van der Waals surface area contributed by atoms with Crippen molar-refractivity contribution in [1.29, 1.82) is 0 Å². The van der Waals surface area contributed by atoms with E-state index in [-0.39, 0.29) is 23.6 Å². The zero-order valence-electron chi connectivity index (χ0n) is 20.1. The predicted molar refractivity (Wildman–Crippen MR) is 140 cm³/mol. The van der Waals surface area contributed by atoms with E-state index in [2.05, 4.69) is 30.5 Å². The average molecular weight is 522 g/mol. The highest BCUT2D eigenvalue weighted by Crippen LogP contribution is 2.33. The fourth-order valence-corrected chi connectivity index (χ4v) is 5.36. The normalized spacial score (nSPS) is 17.8. The monoisotopic (exact) mass is 521 g/mol. The van der Waals surface area contributed by atoms with Crippen LogP contribution in [0.1, 0.15) is 23.3 Å². The highest BCUT2D eigenvalue weighted by molar-refractivity contribution is 7.12. The van der Waals surface area contributed by atoms with Crippen LogP contribution >= 0.6 is 11.3 Å². The number of anilines is 2. The third-order valence-electron chi connectivity index (χ3n) is 6.52. The van der Waals surface area contributed by atoms with Gasteiger partial charge in [-0.2, -0.15) is 0 Å². The van der Waals surface area contributed by atoms with Gasteiger partial charge in [-0.15, -0.1) is 11.3 Å². The summed E-state index contributed by atoms with van der Waals surface area (Å²) >= 11 is 1.26. The number of nitrogens with one attached hydrogen (secondary N) is 2. The molecular weight excluding hydrogens is 494 g/mol. The van der Waals surface area contributed by atoms with Crippen LogP contribution in [0, 0.1) is 0 Å². The van der Waals surface area contributed by atoms with E-state index < -0.39 is 0 Å². The van der Waals surface area contributed by atoms with Gasteiger partial charge >= 0.3 is 0 Å². The van der Waals surface area contributed by atoms with Crippen LogP contribution in [0.15, 0.2) is 42.3 Å². The molecule has 3 N–H and O–H groups in total. The molecule has 12 heteroatoms. The summed E-state index contributed by atoms with van der Waals surface area (Å²) in [6.45, 7) is 4.67. The summed E-state index contributed by atoms with van der Waals surface area (Å²) in [6.07, 6.45) is 8.86. The van der Waals surface area contributed by atoms with Crippen LogP contribution in [0.2, 0.25) is 0 Å². The number of ether oxygens (including phenoxy) is 2. The van der Waals surface area contributed by atoms with Crippen LogP contribution in [-0.4, -0.2) is 76.0 Å². The van der Waals surface area contributed by atoms with E-state index >= 15 is 0 Å². The summed E-state index contributed by atoms with van der Waals surface area (Å²) in [4.78, 5) is 28.3. The lowest BCUT2D eigenvalue weighted by Gasteiger charge is -2.30. The molecule has 6 rings (SSSR count). The number of nitrogens with zero attached hydrogens (tertiary/aromatic N) is 5. The summed E-state index contributed by atoms with van der Waals surface area (Å²) in [6, 6.07) is 3.61. The number of aromatic nitrogens is 4. The largest absolute Gasteiger partial charge is 0.494 e. The molecule has 6 heterocycles. The molecular formula is C25H27N7O4S. The number of amides is 1. The van der Waals surface area contributed by atoms with E-state index in [1.807, 2.05) is 6.07 Å². The zero-order valence-corrected chi connectivity index (χ0v) is 20.9. The van der Waals surface area contributed by atoms with E-state index in [1.54, 1.807) is 40.8 Å². The average Bonchev–Trinajstić information content (AvgIpc) is 3.69. The molecule has 192 valence electrons. The van der Waals surface area contributed by atoms with Crippen molar-refractivity contribution in [2.75, 3.05) is 49.6 Å². The minimum absolute atomic E-state index is 0.00827. The summed E-state index contributed by atoms with van der Waals surface area (Å²) in [5.74, 6) is 0.0931. The molecule has 37 heavy (non-hydrogen) atoms. The van der Waals surface area contributed by atoms with E-state index in [9.17, 15) is 9.90 Å². The van der Waals surface area contributed by atoms with Crippen LogP contribution in [-0.2, 0) is 4.74 Å². The molecule has 0 aliphatic carbocycles. The highest BCUT2D eigenvalue weighted by Gasteiger charge is 2.20. The Bertz CT molecular complexity index is 1410. The van der Waals surface area contributed by atoms with Crippen molar-refractivity contribution in [3.05, 3.63) is 48.0 Å². The lowest BCUT2D eigenvalue weighted by Crippen LogP contribution is -2.43. The molecule has 0 spiro atoms. The number of fused-ring (bicyclic) bond motifs is 1. The van der Waals surface area contributed by atoms with Gasteiger partial charge in [0.1, 0.15) is 12.3 Å². The van der Waals surface area contributed by atoms with Crippen LogP contribution in [0.25, 0.3) is 15.9 Å². The number of aromatic hydroxyl groups is 1. The van der Waals surface area contributed by atoms with Crippen molar-refractivity contribution in [2.45, 2.75) is 18.9 Å². The maximum Gasteiger partial charge on any atom is 0.275 e. The minimum atomic E-state index is -0.338. The van der Waals surface area contributed by atoms with E-state index in [4.69, 9.17) is 9.47 Å². The van der Waals surface area contributed by atoms with Gasteiger partial charge in [0.2, 0.25) is 11.8 Å². The molecule has 2 aliphatic rings. The maximum absolute atomic E-state index is 13.0. The molecule has 2 aliphatic heterocycles. The Morgan fingerprint density at radius 2 is 2.22 bits per heavy atom. The van der Waals surface area contributed by atoms with E-state index in [0.717, 1.165) is 56.7 Å². The first-order valence-corrected chi connectivity index (χ1v) is 13.1. The third kappa shape index (κ3) is 4.95. The number of rotatable bonds is 7. The molecule has 0 saturated carbocycles. The lowest BCUT2D eigenvalue weighted by molar-refractivity contribution is 0.0664. The number of carbonyl (C=O) groups excluding carboxylic acids is 1. The summed E-state index contributed by atoms with van der Waals surface area (Å²) in [5, 5.41) is 20.7. The third-order valence-corrected chi connectivity index (χ3v) is 7.36. The highest BCUT2D eigenvalue weighted by atomic mass is 32.1. The number of thiazole rings is 1. The standard InChI is InChI=1S/C25H27N7O4S/c33-23(29-19-12-27-4-3-21(19)31-7-5-26-6-8-31)20-15-37-25(30-20)32-13-16-11-28-22(10-18(16)24(32)34)36-14-17-2-1-9-35-17/h3-4,10-13,15,17,26,34H,1-2,5-9,14H2,(H,29,33). The number of piperazine rings is 1. The van der Waals surface area contributed by atoms with Crippen molar-refractivity contribution in [1.82, 2.24) is 24.8 Å². The Morgan fingerprint density at radius 1 is 1.32 bits per heavy atom. The smallest absolute Gasteiger partial charge is 0.275 e. The van der Waals surface area contributed by atoms with Crippen molar-refractivity contribution in [2.24, 2.45) is 0 Å². The first kappa shape index (κ1) is 23.6. The molecule has 11 nitrogen and oxygen atoms in total.